The Balaban J connectivity index is 2.56. The fourth-order valence-electron chi connectivity index (χ4n) is 1.50. The molecule has 0 saturated heterocycles. The van der Waals surface area contributed by atoms with Crippen LogP contribution in [-0.2, 0) is 0 Å². The fourth-order valence-corrected chi connectivity index (χ4v) is 1.50. The highest BCUT2D eigenvalue weighted by atomic mass is 16.5. The SMILES string of the molecule is COc1ccc(OC)c(-c2c[nH]c(=O)[nH]2)c1. The van der Waals surface area contributed by atoms with E-state index in [0.29, 0.717) is 17.2 Å². The summed E-state index contributed by atoms with van der Waals surface area (Å²) in [5, 5.41) is 0. The highest BCUT2D eigenvalue weighted by Crippen LogP contribution is 2.31. The molecule has 84 valence electrons. The van der Waals surface area contributed by atoms with Crippen LogP contribution in [0.1, 0.15) is 0 Å². The number of benzene rings is 1. The second-order valence-corrected chi connectivity index (χ2v) is 3.22. The van der Waals surface area contributed by atoms with Crippen molar-refractivity contribution in [3.63, 3.8) is 0 Å². The molecule has 0 unspecified atom stereocenters. The first-order chi connectivity index (χ1) is 7.74. The average molecular weight is 220 g/mol. The predicted octanol–water partition coefficient (Wildman–Crippen LogP) is 1.39. The molecule has 0 amide bonds. The number of nitrogens with one attached hydrogen (secondary N) is 2. The van der Waals surface area contributed by atoms with E-state index in [1.807, 2.05) is 0 Å². The summed E-state index contributed by atoms with van der Waals surface area (Å²) in [6.45, 7) is 0. The Bertz CT molecular complexity index is 542. The summed E-state index contributed by atoms with van der Waals surface area (Å²) in [7, 11) is 3.17. The maximum Gasteiger partial charge on any atom is 0.323 e. The van der Waals surface area contributed by atoms with Gasteiger partial charge in [0, 0.05) is 11.8 Å². The van der Waals surface area contributed by atoms with Gasteiger partial charge < -0.3 is 19.4 Å². The van der Waals surface area contributed by atoms with Crippen molar-refractivity contribution in [2.24, 2.45) is 0 Å². The van der Waals surface area contributed by atoms with Crippen molar-refractivity contribution in [3.8, 4) is 22.8 Å². The molecule has 0 bridgehead atoms. The quantitative estimate of drug-likeness (QED) is 0.821. The van der Waals surface area contributed by atoms with Crippen molar-refractivity contribution >= 4 is 0 Å². The molecule has 0 aliphatic heterocycles. The first-order valence-electron chi connectivity index (χ1n) is 4.74. The van der Waals surface area contributed by atoms with Gasteiger partial charge in [-0.3, -0.25) is 0 Å². The molecule has 0 aliphatic carbocycles. The van der Waals surface area contributed by atoms with Crippen LogP contribution in [0.5, 0.6) is 11.5 Å². The molecular formula is C11H12N2O3. The highest BCUT2D eigenvalue weighted by molar-refractivity contribution is 5.68. The Hall–Kier alpha value is -2.17. The first kappa shape index (κ1) is 10.4. The molecule has 1 aromatic heterocycles. The third kappa shape index (κ3) is 1.79. The van der Waals surface area contributed by atoms with Crippen LogP contribution in [-0.4, -0.2) is 24.2 Å². The second-order valence-electron chi connectivity index (χ2n) is 3.22. The van der Waals surface area contributed by atoms with E-state index in [4.69, 9.17) is 9.47 Å². The number of aromatic nitrogens is 2. The summed E-state index contributed by atoms with van der Waals surface area (Å²) in [6.07, 6.45) is 1.60. The highest BCUT2D eigenvalue weighted by Gasteiger charge is 2.09. The number of hydrogen-bond donors (Lipinski definition) is 2. The summed E-state index contributed by atoms with van der Waals surface area (Å²) < 4.78 is 10.3. The van der Waals surface area contributed by atoms with Gasteiger partial charge in [0.2, 0.25) is 0 Å². The topological polar surface area (TPSA) is 67.1 Å². The minimum atomic E-state index is -0.250. The number of hydrogen-bond acceptors (Lipinski definition) is 3. The van der Waals surface area contributed by atoms with Crippen LogP contribution in [0, 0.1) is 0 Å². The molecule has 0 saturated carbocycles. The van der Waals surface area contributed by atoms with Crippen molar-refractivity contribution in [1.82, 2.24) is 9.97 Å². The summed E-state index contributed by atoms with van der Waals surface area (Å²) in [5.41, 5.74) is 1.20. The molecule has 5 nitrogen and oxygen atoms in total. The Labute approximate surface area is 92.0 Å². The summed E-state index contributed by atoms with van der Waals surface area (Å²) in [5.74, 6) is 1.38. The van der Waals surface area contributed by atoms with Crippen molar-refractivity contribution < 1.29 is 9.47 Å². The van der Waals surface area contributed by atoms with Crippen LogP contribution in [0.2, 0.25) is 0 Å². The maximum atomic E-state index is 11.0. The van der Waals surface area contributed by atoms with E-state index >= 15 is 0 Å². The normalized spacial score (nSPS) is 10.1. The molecule has 1 heterocycles. The van der Waals surface area contributed by atoms with Gasteiger partial charge in [-0.15, -0.1) is 0 Å². The van der Waals surface area contributed by atoms with Crippen molar-refractivity contribution in [3.05, 3.63) is 34.9 Å². The van der Waals surface area contributed by atoms with E-state index in [1.165, 1.54) is 0 Å². The number of ether oxygens (including phenoxy) is 2. The number of methoxy groups -OCH3 is 2. The zero-order valence-electron chi connectivity index (χ0n) is 9.03. The molecule has 2 N–H and O–H groups in total. The van der Waals surface area contributed by atoms with Crippen LogP contribution in [0.25, 0.3) is 11.3 Å². The Morgan fingerprint density at radius 3 is 2.56 bits per heavy atom. The maximum absolute atomic E-state index is 11.0. The molecule has 2 aromatic rings. The number of rotatable bonds is 3. The summed E-state index contributed by atoms with van der Waals surface area (Å²) in [4.78, 5) is 16.3. The molecule has 5 heteroatoms. The van der Waals surface area contributed by atoms with Crippen LogP contribution < -0.4 is 15.2 Å². The third-order valence-corrected chi connectivity index (χ3v) is 2.29. The van der Waals surface area contributed by atoms with Crippen LogP contribution in [0.3, 0.4) is 0 Å². The van der Waals surface area contributed by atoms with Crippen LogP contribution in [0.15, 0.2) is 29.2 Å². The molecule has 16 heavy (non-hydrogen) atoms. The molecule has 0 aliphatic rings. The lowest BCUT2D eigenvalue weighted by Gasteiger charge is -2.08. The van der Waals surface area contributed by atoms with E-state index in [-0.39, 0.29) is 5.69 Å². The van der Waals surface area contributed by atoms with Gasteiger partial charge in [0.05, 0.1) is 19.9 Å². The largest absolute Gasteiger partial charge is 0.497 e. The lowest BCUT2D eigenvalue weighted by atomic mass is 10.1. The molecule has 0 fully saturated rings. The van der Waals surface area contributed by atoms with Crippen LogP contribution in [0.4, 0.5) is 0 Å². The van der Waals surface area contributed by atoms with Crippen molar-refractivity contribution in [2.75, 3.05) is 14.2 Å². The van der Waals surface area contributed by atoms with E-state index in [2.05, 4.69) is 9.97 Å². The summed E-state index contributed by atoms with van der Waals surface area (Å²) in [6, 6.07) is 5.39. The number of imidazole rings is 1. The van der Waals surface area contributed by atoms with Gasteiger partial charge >= 0.3 is 5.69 Å². The minimum absolute atomic E-state index is 0.250. The molecule has 0 radical (unpaired) electrons. The van der Waals surface area contributed by atoms with Gasteiger partial charge in [-0.2, -0.15) is 0 Å². The average Bonchev–Trinajstić information content (AvgIpc) is 2.75. The van der Waals surface area contributed by atoms with Crippen LogP contribution >= 0.6 is 0 Å². The number of H-pyrrole nitrogens is 2. The molecule has 0 atom stereocenters. The second kappa shape index (κ2) is 4.14. The minimum Gasteiger partial charge on any atom is -0.497 e. The van der Waals surface area contributed by atoms with E-state index in [9.17, 15) is 4.79 Å². The van der Waals surface area contributed by atoms with Gasteiger partial charge in [0.15, 0.2) is 0 Å². The van der Waals surface area contributed by atoms with E-state index < -0.39 is 0 Å². The molecule has 2 rings (SSSR count). The van der Waals surface area contributed by atoms with Crippen molar-refractivity contribution in [1.29, 1.82) is 0 Å². The van der Waals surface area contributed by atoms with Gasteiger partial charge in [0.25, 0.3) is 0 Å². The van der Waals surface area contributed by atoms with Gasteiger partial charge in [-0.1, -0.05) is 0 Å². The fraction of sp³-hybridized carbons (Fsp3) is 0.182. The Kier molecular flexibility index (Phi) is 2.68. The molecule has 1 aromatic carbocycles. The van der Waals surface area contributed by atoms with Crippen molar-refractivity contribution in [2.45, 2.75) is 0 Å². The Morgan fingerprint density at radius 2 is 2.00 bits per heavy atom. The standard InChI is InChI=1S/C11H12N2O3/c1-15-7-3-4-10(16-2)8(5-7)9-6-12-11(14)13-9/h3-6H,1-2H3,(H2,12,13,14). The number of aromatic amines is 2. The molecule has 0 spiro atoms. The smallest absolute Gasteiger partial charge is 0.323 e. The monoisotopic (exact) mass is 220 g/mol. The first-order valence-corrected chi connectivity index (χ1v) is 4.74. The molecular weight excluding hydrogens is 208 g/mol. The van der Waals surface area contributed by atoms with Gasteiger partial charge in [0.1, 0.15) is 11.5 Å². The van der Waals surface area contributed by atoms with E-state index in [1.54, 1.807) is 38.6 Å². The van der Waals surface area contributed by atoms with Gasteiger partial charge in [-0.05, 0) is 18.2 Å². The Morgan fingerprint density at radius 1 is 1.19 bits per heavy atom. The zero-order chi connectivity index (χ0) is 11.5. The third-order valence-electron chi connectivity index (χ3n) is 2.29. The predicted molar refractivity (Wildman–Crippen MR) is 60.0 cm³/mol. The lowest BCUT2D eigenvalue weighted by molar-refractivity contribution is 0.404. The lowest BCUT2D eigenvalue weighted by Crippen LogP contribution is -2.00. The zero-order valence-corrected chi connectivity index (χ0v) is 9.03. The summed E-state index contributed by atoms with van der Waals surface area (Å²) >= 11 is 0. The van der Waals surface area contributed by atoms with E-state index in [0.717, 1.165) is 5.56 Å². The van der Waals surface area contributed by atoms with Gasteiger partial charge in [-0.25, -0.2) is 4.79 Å².